The summed E-state index contributed by atoms with van der Waals surface area (Å²) in [4.78, 5) is 7.32. The number of rotatable bonds is 3. The third-order valence-electron chi connectivity index (χ3n) is 4.14. The number of hydrogen-bond acceptors (Lipinski definition) is 4. The van der Waals surface area contributed by atoms with Gasteiger partial charge in [-0.3, -0.25) is 4.90 Å². The number of aromatic nitrogens is 1. The maximum Gasteiger partial charge on any atom is 0.416 e. The molecule has 1 atom stereocenters. The highest BCUT2D eigenvalue weighted by molar-refractivity contribution is 7.15. The summed E-state index contributed by atoms with van der Waals surface area (Å²) >= 11 is 1.43. The van der Waals surface area contributed by atoms with Crippen LogP contribution >= 0.6 is 23.7 Å². The van der Waals surface area contributed by atoms with Crippen LogP contribution < -0.4 is 5.73 Å². The molecule has 2 aromatic rings. The van der Waals surface area contributed by atoms with Crippen LogP contribution in [0.3, 0.4) is 0 Å². The monoisotopic (exact) mass is 377 g/mol. The largest absolute Gasteiger partial charge is 0.416 e. The highest BCUT2D eigenvalue weighted by Crippen LogP contribution is 2.36. The Bertz CT molecular complexity index is 675. The van der Waals surface area contributed by atoms with Crippen LogP contribution in [0.2, 0.25) is 0 Å². The minimum Gasteiger partial charge on any atom is -0.375 e. The van der Waals surface area contributed by atoms with Crippen molar-refractivity contribution in [3.63, 3.8) is 0 Å². The maximum atomic E-state index is 12.9. The number of halogens is 4. The van der Waals surface area contributed by atoms with Gasteiger partial charge < -0.3 is 5.73 Å². The summed E-state index contributed by atoms with van der Waals surface area (Å²) in [5.74, 6) is 0. The lowest BCUT2D eigenvalue weighted by Gasteiger charge is -2.36. The first-order chi connectivity index (χ1) is 10.9. The number of nitrogens with two attached hydrogens (primary N) is 1. The lowest BCUT2D eigenvalue weighted by atomic mass is 9.94. The molecule has 1 aromatic carbocycles. The Morgan fingerprint density at radius 1 is 1.29 bits per heavy atom. The number of thiazole rings is 1. The van der Waals surface area contributed by atoms with E-state index in [4.69, 9.17) is 5.73 Å². The minimum atomic E-state index is -4.30. The van der Waals surface area contributed by atoms with E-state index in [9.17, 15) is 13.2 Å². The van der Waals surface area contributed by atoms with Gasteiger partial charge in [-0.25, -0.2) is 4.98 Å². The number of nitrogen functional groups attached to an aromatic ring is 1. The molecular formula is C16H19ClF3N3S. The Kier molecular flexibility index (Phi) is 6.11. The zero-order valence-corrected chi connectivity index (χ0v) is 14.6. The molecule has 2 N–H and O–H groups in total. The Morgan fingerprint density at radius 2 is 2.08 bits per heavy atom. The summed E-state index contributed by atoms with van der Waals surface area (Å²) in [6.45, 7) is 1.55. The van der Waals surface area contributed by atoms with Crippen LogP contribution in [0.15, 0.2) is 30.5 Å². The van der Waals surface area contributed by atoms with Gasteiger partial charge in [0.15, 0.2) is 5.13 Å². The number of anilines is 1. The van der Waals surface area contributed by atoms with E-state index in [0.29, 0.717) is 11.7 Å². The van der Waals surface area contributed by atoms with Crippen LogP contribution in [0.5, 0.6) is 0 Å². The van der Waals surface area contributed by atoms with Crippen molar-refractivity contribution < 1.29 is 13.2 Å². The normalized spacial score (nSPS) is 19.0. The zero-order chi connectivity index (χ0) is 16.4. The first-order valence-corrected chi connectivity index (χ1v) is 8.36. The van der Waals surface area contributed by atoms with Gasteiger partial charge in [0, 0.05) is 23.7 Å². The summed E-state index contributed by atoms with van der Waals surface area (Å²) < 4.78 is 38.8. The molecule has 3 rings (SSSR count). The van der Waals surface area contributed by atoms with Gasteiger partial charge in [-0.05, 0) is 37.1 Å². The predicted molar refractivity (Wildman–Crippen MR) is 92.2 cm³/mol. The van der Waals surface area contributed by atoms with E-state index in [-0.39, 0.29) is 18.4 Å². The molecule has 24 heavy (non-hydrogen) atoms. The number of hydrogen-bond donors (Lipinski definition) is 1. The molecule has 1 aromatic heterocycles. The van der Waals surface area contributed by atoms with Crippen LogP contribution in [0.25, 0.3) is 0 Å². The van der Waals surface area contributed by atoms with Gasteiger partial charge in [0.2, 0.25) is 0 Å². The number of nitrogens with zero attached hydrogens (tertiary/aromatic N) is 2. The average molecular weight is 378 g/mol. The fourth-order valence-corrected chi connectivity index (χ4v) is 3.79. The van der Waals surface area contributed by atoms with E-state index in [0.717, 1.165) is 42.3 Å². The van der Waals surface area contributed by atoms with Gasteiger partial charge in [0.05, 0.1) is 5.56 Å². The van der Waals surface area contributed by atoms with Crippen LogP contribution in [-0.4, -0.2) is 16.4 Å². The smallest absolute Gasteiger partial charge is 0.375 e. The maximum absolute atomic E-state index is 12.9. The summed E-state index contributed by atoms with van der Waals surface area (Å²) in [5.41, 5.74) is 5.81. The van der Waals surface area contributed by atoms with Gasteiger partial charge in [-0.2, -0.15) is 13.2 Å². The number of benzene rings is 1. The SMILES string of the molecule is Cl.Nc1ncc(CN2CCCCC2c2cccc(C(F)(F)F)c2)s1. The number of likely N-dealkylation sites (tertiary alicyclic amines) is 1. The van der Waals surface area contributed by atoms with Crippen LogP contribution in [0, 0.1) is 0 Å². The summed E-state index contributed by atoms with van der Waals surface area (Å²) in [6, 6.07) is 5.70. The van der Waals surface area contributed by atoms with Crippen molar-refractivity contribution in [2.75, 3.05) is 12.3 Å². The van der Waals surface area contributed by atoms with Crippen molar-refractivity contribution in [3.05, 3.63) is 46.5 Å². The molecule has 8 heteroatoms. The topological polar surface area (TPSA) is 42.1 Å². The van der Waals surface area contributed by atoms with Crippen molar-refractivity contribution in [2.24, 2.45) is 0 Å². The second-order valence-corrected chi connectivity index (χ2v) is 6.92. The second kappa shape index (κ2) is 7.72. The van der Waals surface area contributed by atoms with Gasteiger partial charge in [0.1, 0.15) is 0 Å². The van der Waals surface area contributed by atoms with Gasteiger partial charge in [0.25, 0.3) is 0 Å². The van der Waals surface area contributed by atoms with Crippen molar-refractivity contribution in [2.45, 2.75) is 38.0 Å². The van der Waals surface area contributed by atoms with Crippen molar-refractivity contribution in [1.29, 1.82) is 0 Å². The molecule has 0 amide bonds. The summed E-state index contributed by atoms with van der Waals surface area (Å²) in [7, 11) is 0. The van der Waals surface area contributed by atoms with Crippen LogP contribution in [0.1, 0.15) is 41.3 Å². The molecular weight excluding hydrogens is 359 g/mol. The molecule has 0 radical (unpaired) electrons. The molecule has 2 heterocycles. The fraction of sp³-hybridized carbons (Fsp3) is 0.438. The van der Waals surface area contributed by atoms with E-state index < -0.39 is 11.7 Å². The molecule has 1 unspecified atom stereocenters. The van der Waals surface area contributed by atoms with Gasteiger partial charge in [-0.15, -0.1) is 23.7 Å². The van der Waals surface area contributed by atoms with Crippen LogP contribution in [-0.2, 0) is 12.7 Å². The molecule has 3 nitrogen and oxygen atoms in total. The highest BCUT2D eigenvalue weighted by Gasteiger charge is 2.32. The van der Waals surface area contributed by atoms with Crippen molar-refractivity contribution in [3.8, 4) is 0 Å². The lowest BCUT2D eigenvalue weighted by molar-refractivity contribution is -0.137. The van der Waals surface area contributed by atoms with Crippen molar-refractivity contribution in [1.82, 2.24) is 9.88 Å². The molecule has 1 aliphatic rings. The van der Waals surface area contributed by atoms with E-state index >= 15 is 0 Å². The highest BCUT2D eigenvalue weighted by atomic mass is 35.5. The predicted octanol–water partition coefficient (Wildman–Crippen LogP) is 4.89. The molecule has 0 saturated carbocycles. The Balaban J connectivity index is 0.00000208. The van der Waals surface area contributed by atoms with E-state index in [1.54, 1.807) is 12.3 Å². The first-order valence-electron chi connectivity index (χ1n) is 7.55. The Morgan fingerprint density at radius 3 is 2.75 bits per heavy atom. The van der Waals surface area contributed by atoms with E-state index in [1.165, 1.54) is 23.5 Å². The van der Waals surface area contributed by atoms with Crippen molar-refractivity contribution >= 4 is 28.9 Å². The Labute approximate surface area is 149 Å². The number of piperidine rings is 1. The average Bonchev–Trinajstić information content (AvgIpc) is 2.92. The molecule has 0 aliphatic carbocycles. The first kappa shape index (κ1) is 19.0. The van der Waals surface area contributed by atoms with Gasteiger partial charge in [-0.1, -0.05) is 18.6 Å². The third kappa shape index (κ3) is 4.40. The standard InChI is InChI=1S/C16H18F3N3S.ClH/c17-16(18,19)12-5-3-4-11(8-12)14-6-1-2-7-22(14)10-13-9-21-15(20)23-13;/h3-5,8-9,14H,1-2,6-7,10H2,(H2,20,21);1H. The molecule has 0 bridgehead atoms. The molecule has 132 valence electrons. The Hall–Kier alpha value is -1.31. The summed E-state index contributed by atoms with van der Waals surface area (Å²) in [6.07, 6.45) is 0.404. The van der Waals surface area contributed by atoms with Gasteiger partial charge >= 0.3 is 6.18 Å². The molecule has 1 saturated heterocycles. The molecule has 1 aliphatic heterocycles. The summed E-state index contributed by atoms with van der Waals surface area (Å²) in [5, 5.41) is 0.521. The molecule has 0 spiro atoms. The van der Waals surface area contributed by atoms with E-state index in [1.807, 2.05) is 0 Å². The lowest BCUT2D eigenvalue weighted by Crippen LogP contribution is -2.32. The zero-order valence-electron chi connectivity index (χ0n) is 12.9. The minimum absolute atomic E-state index is 0. The quantitative estimate of drug-likeness (QED) is 0.827. The molecule has 1 fully saturated rings. The number of alkyl halides is 3. The third-order valence-corrected chi connectivity index (χ3v) is 4.95. The van der Waals surface area contributed by atoms with E-state index in [2.05, 4.69) is 9.88 Å². The fourth-order valence-electron chi connectivity index (χ4n) is 3.08. The second-order valence-electron chi connectivity index (χ2n) is 5.77. The van der Waals surface area contributed by atoms with Crippen LogP contribution in [0.4, 0.5) is 18.3 Å².